The van der Waals surface area contributed by atoms with Gasteiger partial charge in [0.25, 0.3) is 0 Å². The van der Waals surface area contributed by atoms with Crippen molar-refractivity contribution in [2.45, 2.75) is 11.3 Å². The monoisotopic (exact) mass is 563 g/mol. The van der Waals surface area contributed by atoms with E-state index in [0.29, 0.717) is 28.7 Å². The zero-order chi connectivity index (χ0) is 28.4. The molecule has 0 atom stereocenters. The summed E-state index contributed by atoms with van der Waals surface area (Å²) in [6.07, 6.45) is 2.70. The number of aromatic nitrogens is 3. The summed E-state index contributed by atoms with van der Waals surface area (Å²) in [7, 11) is -1.95. The van der Waals surface area contributed by atoms with Crippen LogP contribution in [-0.2, 0) is 21.1 Å². The topological polar surface area (TPSA) is 115 Å². The second-order valence-corrected chi connectivity index (χ2v) is 11.0. The molecule has 0 saturated heterocycles. The van der Waals surface area contributed by atoms with Gasteiger partial charge in [0.2, 0.25) is 11.9 Å². The molecule has 0 aliphatic heterocycles. The fourth-order valence-electron chi connectivity index (χ4n) is 4.02. The summed E-state index contributed by atoms with van der Waals surface area (Å²) in [5.74, 6) is -1.27. The molecule has 5 aromatic rings. The normalized spacial score (nSPS) is 11.4. The first kappa shape index (κ1) is 26.8. The minimum absolute atomic E-state index is 0.106. The van der Waals surface area contributed by atoms with Gasteiger partial charge >= 0.3 is 0 Å². The Morgan fingerprint density at radius 1 is 0.975 bits per heavy atom. The molecular weight excluding hydrogens is 540 g/mol. The maximum atomic E-state index is 13.8. The van der Waals surface area contributed by atoms with Crippen LogP contribution in [0.25, 0.3) is 16.8 Å². The number of carbonyl (C=O) groups excluding carboxylic acids is 1. The Kier molecular flexibility index (Phi) is 7.18. The number of nitrogens with one attached hydrogen (secondary N) is 2. The number of benzene rings is 3. The lowest BCUT2D eigenvalue weighted by Crippen LogP contribution is -2.15. The fourth-order valence-corrected chi connectivity index (χ4v) is 4.66. The zero-order valence-electron chi connectivity index (χ0n) is 21.4. The maximum absolute atomic E-state index is 13.8. The van der Waals surface area contributed by atoms with Gasteiger partial charge in [-0.3, -0.25) is 4.79 Å². The molecule has 12 heteroatoms. The summed E-state index contributed by atoms with van der Waals surface area (Å²) in [5.41, 5.74) is 3.41. The van der Waals surface area contributed by atoms with E-state index >= 15 is 0 Å². The molecular formula is C28H23F2N5O4S. The van der Waals surface area contributed by atoms with Gasteiger partial charge in [0, 0.05) is 35.8 Å². The van der Waals surface area contributed by atoms with Crippen LogP contribution in [-0.4, -0.2) is 42.3 Å². The predicted octanol–water partition coefficient (Wildman–Crippen LogP) is 5.01. The molecule has 0 bridgehead atoms. The Labute approximate surface area is 228 Å². The number of sulfone groups is 1. The minimum atomic E-state index is -3.39. The third-order valence-corrected chi connectivity index (χ3v) is 7.16. The van der Waals surface area contributed by atoms with Crippen LogP contribution in [0.2, 0.25) is 0 Å². The molecule has 2 heterocycles. The zero-order valence-corrected chi connectivity index (χ0v) is 22.2. The van der Waals surface area contributed by atoms with E-state index in [1.54, 1.807) is 35.0 Å². The number of rotatable bonds is 8. The highest BCUT2D eigenvalue weighted by atomic mass is 32.2. The Morgan fingerprint density at radius 3 is 2.42 bits per heavy atom. The van der Waals surface area contributed by atoms with Gasteiger partial charge in [-0.1, -0.05) is 18.2 Å². The molecule has 1 amide bonds. The first-order chi connectivity index (χ1) is 19.1. The van der Waals surface area contributed by atoms with Crippen LogP contribution >= 0.6 is 0 Å². The third-order valence-electron chi connectivity index (χ3n) is 6.05. The van der Waals surface area contributed by atoms with E-state index < -0.39 is 27.4 Å². The standard InChI is InChI=1S/C28H23F2N5O4S/c1-39-25-15-22(40(2,37)38)10-11-24(25)32-28-33-26-12-6-19(16-35(26)34-28)17-4-8-21(9-5-17)31-27(36)13-18-3-7-20(29)14-23(18)30/h3-12,14-16H,13H2,1-2H3,(H,31,36)(H,32,34). The Hall–Kier alpha value is -4.84. The van der Waals surface area contributed by atoms with E-state index in [-0.39, 0.29) is 16.9 Å². The van der Waals surface area contributed by atoms with Gasteiger partial charge < -0.3 is 15.4 Å². The summed E-state index contributed by atoms with van der Waals surface area (Å²) in [4.78, 5) is 16.9. The molecule has 3 aromatic carbocycles. The van der Waals surface area contributed by atoms with Crippen LogP contribution < -0.4 is 15.4 Å². The first-order valence-electron chi connectivity index (χ1n) is 11.9. The lowest BCUT2D eigenvalue weighted by molar-refractivity contribution is -0.115. The molecule has 2 N–H and O–H groups in total. The summed E-state index contributed by atoms with van der Waals surface area (Å²) in [6, 6.07) is 18.3. The number of ether oxygens (including phenoxy) is 1. The number of hydrogen-bond donors (Lipinski definition) is 2. The van der Waals surface area contributed by atoms with E-state index in [1.165, 1.54) is 25.3 Å². The van der Waals surface area contributed by atoms with Gasteiger partial charge in [0.05, 0.1) is 24.1 Å². The van der Waals surface area contributed by atoms with Crippen LogP contribution in [0.4, 0.5) is 26.1 Å². The third kappa shape index (κ3) is 5.91. The number of methoxy groups -OCH3 is 1. The Balaban J connectivity index is 1.29. The Bertz CT molecular complexity index is 1840. The van der Waals surface area contributed by atoms with Gasteiger partial charge in [0.1, 0.15) is 17.4 Å². The second kappa shape index (κ2) is 10.7. The highest BCUT2D eigenvalue weighted by Crippen LogP contribution is 2.30. The Morgan fingerprint density at radius 2 is 1.73 bits per heavy atom. The highest BCUT2D eigenvalue weighted by molar-refractivity contribution is 7.90. The molecule has 0 unspecified atom stereocenters. The average Bonchev–Trinajstić information content (AvgIpc) is 3.32. The molecule has 0 spiro atoms. The fraction of sp³-hybridized carbons (Fsp3) is 0.107. The van der Waals surface area contributed by atoms with Gasteiger partial charge in [-0.2, -0.15) is 4.98 Å². The van der Waals surface area contributed by atoms with Crippen molar-refractivity contribution in [3.8, 4) is 16.9 Å². The number of halogens is 2. The van der Waals surface area contributed by atoms with E-state index in [1.807, 2.05) is 18.2 Å². The molecule has 0 radical (unpaired) electrons. The smallest absolute Gasteiger partial charge is 0.247 e. The van der Waals surface area contributed by atoms with Crippen LogP contribution in [0.5, 0.6) is 5.75 Å². The molecule has 5 rings (SSSR count). The molecule has 9 nitrogen and oxygen atoms in total. The molecule has 0 aliphatic rings. The number of amides is 1. The van der Waals surface area contributed by atoms with Crippen molar-refractivity contribution in [1.29, 1.82) is 0 Å². The molecule has 204 valence electrons. The summed E-state index contributed by atoms with van der Waals surface area (Å²) in [6.45, 7) is 0. The van der Waals surface area contributed by atoms with Gasteiger partial charge in [-0.15, -0.1) is 5.10 Å². The molecule has 0 aliphatic carbocycles. The SMILES string of the molecule is COc1cc(S(C)(=O)=O)ccc1Nc1nc2ccc(-c3ccc(NC(=O)Cc4ccc(F)cc4F)cc3)cn2n1. The number of nitrogens with zero attached hydrogens (tertiary/aromatic N) is 3. The summed E-state index contributed by atoms with van der Waals surface area (Å²) >= 11 is 0. The van der Waals surface area contributed by atoms with Gasteiger partial charge in [-0.05, 0) is 53.6 Å². The van der Waals surface area contributed by atoms with Crippen molar-refractivity contribution in [1.82, 2.24) is 14.6 Å². The van der Waals surface area contributed by atoms with E-state index in [0.717, 1.165) is 29.5 Å². The van der Waals surface area contributed by atoms with Gasteiger partial charge in [-0.25, -0.2) is 21.7 Å². The van der Waals surface area contributed by atoms with E-state index in [4.69, 9.17) is 4.74 Å². The van der Waals surface area contributed by atoms with Crippen LogP contribution in [0.1, 0.15) is 5.56 Å². The second-order valence-electron chi connectivity index (χ2n) is 8.95. The van der Waals surface area contributed by atoms with Crippen molar-refractivity contribution < 1.29 is 26.7 Å². The van der Waals surface area contributed by atoms with Crippen LogP contribution in [0.3, 0.4) is 0 Å². The lowest BCUT2D eigenvalue weighted by Gasteiger charge is -2.10. The molecule has 0 saturated carbocycles. The quantitative estimate of drug-likeness (QED) is 0.273. The maximum Gasteiger partial charge on any atom is 0.247 e. The number of anilines is 3. The first-order valence-corrected chi connectivity index (χ1v) is 13.8. The van der Waals surface area contributed by atoms with E-state index in [9.17, 15) is 22.0 Å². The van der Waals surface area contributed by atoms with E-state index in [2.05, 4.69) is 20.7 Å². The van der Waals surface area contributed by atoms with Crippen LogP contribution in [0, 0.1) is 11.6 Å². The largest absolute Gasteiger partial charge is 0.495 e. The number of carbonyl (C=O) groups is 1. The number of fused-ring (bicyclic) bond motifs is 1. The minimum Gasteiger partial charge on any atom is -0.495 e. The predicted molar refractivity (Wildman–Crippen MR) is 147 cm³/mol. The summed E-state index contributed by atoms with van der Waals surface area (Å²) < 4.78 is 57.5. The molecule has 40 heavy (non-hydrogen) atoms. The summed E-state index contributed by atoms with van der Waals surface area (Å²) in [5, 5.41) is 10.2. The van der Waals surface area contributed by atoms with Crippen LogP contribution in [0.15, 0.2) is 83.9 Å². The van der Waals surface area contributed by atoms with Gasteiger partial charge in [0.15, 0.2) is 15.5 Å². The van der Waals surface area contributed by atoms with Crippen molar-refractivity contribution in [2.75, 3.05) is 24.0 Å². The molecule has 0 fully saturated rings. The number of hydrogen-bond acceptors (Lipinski definition) is 7. The molecule has 2 aromatic heterocycles. The lowest BCUT2D eigenvalue weighted by atomic mass is 10.1. The van der Waals surface area contributed by atoms with Crippen molar-refractivity contribution in [3.05, 3.63) is 96.2 Å². The average molecular weight is 564 g/mol. The highest BCUT2D eigenvalue weighted by Gasteiger charge is 2.14. The van der Waals surface area contributed by atoms with Crippen molar-refractivity contribution in [2.24, 2.45) is 0 Å². The van der Waals surface area contributed by atoms with Crippen molar-refractivity contribution >= 4 is 38.7 Å². The van der Waals surface area contributed by atoms with Crippen molar-refractivity contribution in [3.63, 3.8) is 0 Å². The number of pyridine rings is 1.